The number of hydrogen-bond donors (Lipinski definition) is 3. The highest BCUT2D eigenvalue weighted by Gasteiger charge is 2.44. The van der Waals surface area contributed by atoms with Crippen LogP contribution in [-0.2, 0) is 10.2 Å². The Hall–Kier alpha value is -2.34. The minimum atomic E-state index is -0.845. The number of benzene rings is 2. The van der Waals surface area contributed by atoms with Gasteiger partial charge in [-0.1, -0.05) is 58.4 Å². The maximum atomic E-state index is 12.3. The predicted octanol–water partition coefficient (Wildman–Crippen LogP) is 3.01. The molecule has 0 saturated heterocycles. The summed E-state index contributed by atoms with van der Waals surface area (Å²) in [6.07, 6.45) is 2.06. The van der Waals surface area contributed by atoms with Crippen LogP contribution in [0.5, 0.6) is 0 Å². The van der Waals surface area contributed by atoms with Crippen LogP contribution in [0.4, 0.5) is 4.79 Å². The summed E-state index contributed by atoms with van der Waals surface area (Å²) in [5.74, 6) is -0.588. The number of amides is 3. The van der Waals surface area contributed by atoms with Gasteiger partial charge in [-0.15, -0.1) is 0 Å². The van der Waals surface area contributed by atoms with Crippen LogP contribution in [0.3, 0.4) is 0 Å². The van der Waals surface area contributed by atoms with Crippen LogP contribution in [0, 0.1) is 0 Å². The Balaban J connectivity index is 1.62. The van der Waals surface area contributed by atoms with Crippen LogP contribution >= 0.6 is 15.9 Å². The van der Waals surface area contributed by atoms with Gasteiger partial charge in [0.1, 0.15) is 6.04 Å². The summed E-state index contributed by atoms with van der Waals surface area (Å²) in [5.41, 5.74) is 7.28. The number of urea groups is 1. The first-order chi connectivity index (χ1) is 12.0. The zero-order valence-electron chi connectivity index (χ0n) is 13.7. The highest BCUT2D eigenvalue weighted by atomic mass is 79.9. The first kappa shape index (κ1) is 17.5. The molecule has 6 heteroatoms. The van der Waals surface area contributed by atoms with Gasteiger partial charge in [-0.3, -0.25) is 4.79 Å². The number of carbonyl (C=O) groups excluding carboxylic acids is 2. The van der Waals surface area contributed by atoms with Crippen molar-refractivity contribution in [3.63, 3.8) is 0 Å². The molecule has 25 heavy (non-hydrogen) atoms. The number of carbonyl (C=O) groups is 2. The standard InChI is InChI=1S/C19H20BrN3O2/c20-15-8-4-7-14(11-15)19(9-10-19)12-22-18(25)23-16(17(21)24)13-5-2-1-3-6-13/h1-8,11,16H,9-10,12H2,(H2,21,24)(H2,22,23,25). The van der Waals surface area contributed by atoms with Crippen molar-refractivity contribution < 1.29 is 9.59 Å². The van der Waals surface area contributed by atoms with Crippen LogP contribution in [0.15, 0.2) is 59.1 Å². The maximum Gasteiger partial charge on any atom is 0.315 e. The largest absolute Gasteiger partial charge is 0.368 e. The predicted molar refractivity (Wildman–Crippen MR) is 100.0 cm³/mol. The van der Waals surface area contributed by atoms with Crippen molar-refractivity contribution >= 4 is 27.9 Å². The molecule has 3 rings (SSSR count). The Bertz CT molecular complexity index is 775. The molecule has 1 atom stereocenters. The molecule has 1 saturated carbocycles. The quantitative estimate of drug-likeness (QED) is 0.694. The summed E-state index contributed by atoms with van der Waals surface area (Å²) >= 11 is 3.49. The topological polar surface area (TPSA) is 84.2 Å². The van der Waals surface area contributed by atoms with Gasteiger partial charge in [0.25, 0.3) is 0 Å². The lowest BCUT2D eigenvalue weighted by molar-refractivity contribution is -0.119. The van der Waals surface area contributed by atoms with Crippen LogP contribution in [0.2, 0.25) is 0 Å². The Morgan fingerprint density at radius 1 is 1.12 bits per heavy atom. The molecule has 0 spiro atoms. The van der Waals surface area contributed by atoms with Gasteiger partial charge in [0, 0.05) is 16.4 Å². The molecule has 3 amide bonds. The van der Waals surface area contributed by atoms with Gasteiger partial charge in [-0.25, -0.2) is 4.79 Å². The zero-order valence-corrected chi connectivity index (χ0v) is 15.3. The summed E-state index contributed by atoms with van der Waals surface area (Å²) in [6.45, 7) is 0.523. The van der Waals surface area contributed by atoms with Gasteiger partial charge < -0.3 is 16.4 Å². The fraction of sp³-hybridized carbons (Fsp3) is 0.263. The van der Waals surface area contributed by atoms with Crippen molar-refractivity contribution in [2.45, 2.75) is 24.3 Å². The van der Waals surface area contributed by atoms with Gasteiger partial charge in [0.2, 0.25) is 5.91 Å². The van der Waals surface area contributed by atoms with E-state index in [0.29, 0.717) is 12.1 Å². The normalized spacial score (nSPS) is 15.9. The monoisotopic (exact) mass is 401 g/mol. The van der Waals surface area contributed by atoms with Crippen molar-refractivity contribution in [3.05, 3.63) is 70.2 Å². The molecule has 2 aromatic rings. The van der Waals surface area contributed by atoms with E-state index in [1.807, 2.05) is 18.2 Å². The number of halogens is 1. The fourth-order valence-corrected chi connectivity index (χ4v) is 3.33. The smallest absolute Gasteiger partial charge is 0.315 e. The fourth-order valence-electron chi connectivity index (χ4n) is 2.93. The van der Waals surface area contributed by atoms with Crippen LogP contribution < -0.4 is 16.4 Å². The third-order valence-electron chi connectivity index (χ3n) is 4.57. The van der Waals surface area contributed by atoms with Crippen LogP contribution in [0.25, 0.3) is 0 Å². The van der Waals surface area contributed by atoms with E-state index in [-0.39, 0.29) is 5.41 Å². The average molecular weight is 402 g/mol. The molecule has 4 N–H and O–H groups in total. The second-order valence-corrected chi connectivity index (χ2v) is 7.28. The molecule has 2 aromatic carbocycles. The van der Waals surface area contributed by atoms with E-state index in [1.165, 1.54) is 5.56 Å². The number of nitrogens with one attached hydrogen (secondary N) is 2. The Kier molecular flexibility index (Phi) is 5.08. The van der Waals surface area contributed by atoms with Crippen molar-refractivity contribution in [2.75, 3.05) is 6.54 Å². The minimum Gasteiger partial charge on any atom is -0.368 e. The molecule has 1 aliphatic carbocycles. The van der Waals surface area contributed by atoms with E-state index in [0.717, 1.165) is 17.3 Å². The number of hydrogen-bond acceptors (Lipinski definition) is 2. The van der Waals surface area contributed by atoms with E-state index in [2.05, 4.69) is 38.7 Å². The van der Waals surface area contributed by atoms with Crippen molar-refractivity contribution in [1.29, 1.82) is 0 Å². The first-order valence-corrected chi connectivity index (χ1v) is 8.94. The van der Waals surface area contributed by atoms with Crippen molar-refractivity contribution in [3.8, 4) is 0 Å². The summed E-state index contributed by atoms with van der Waals surface area (Å²) in [5, 5.41) is 5.55. The van der Waals surface area contributed by atoms with Gasteiger partial charge in [-0.05, 0) is 36.1 Å². The van der Waals surface area contributed by atoms with Crippen molar-refractivity contribution in [1.82, 2.24) is 10.6 Å². The number of nitrogens with two attached hydrogens (primary N) is 1. The molecular formula is C19H20BrN3O2. The van der Waals surface area contributed by atoms with Gasteiger partial charge in [-0.2, -0.15) is 0 Å². The van der Waals surface area contributed by atoms with Gasteiger partial charge in [0.15, 0.2) is 0 Å². The molecule has 130 valence electrons. The third kappa shape index (κ3) is 4.20. The first-order valence-electron chi connectivity index (χ1n) is 8.15. The number of primary amides is 1. The molecule has 0 aromatic heterocycles. The molecule has 5 nitrogen and oxygen atoms in total. The molecule has 1 aliphatic rings. The molecule has 1 unspecified atom stereocenters. The minimum absolute atomic E-state index is 0.0178. The lowest BCUT2D eigenvalue weighted by atomic mass is 9.96. The van der Waals surface area contributed by atoms with E-state index in [1.54, 1.807) is 24.3 Å². The Morgan fingerprint density at radius 2 is 1.84 bits per heavy atom. The number of rotatable bonds is 6. The Labute approximate surface area is 155 Å². The molecule has 1 fully saturated rings. The molecule has 0 bridgehead atoms. The van der Waals surface area contributed by atoms with E-state index >= 15 is 0 Å². The van der Waals surface area contributed by atoms with Crippen molar-refractivity contribution in [2.24, 2.45) is 5.73 Å². The highest BCUT2D eigenvalue weighted by Crippen LogP contribution is 2.48. The molecule has 0 radical (unpaired) electrons. The molecule has 0 heterocycles. The van der Waals surface area contributed by atoms with E-state index < -0.39 is 18.0 Å². The molecular weight excluding hydrogens is 382 g/mol. The summed E-state index contributed by atoms with van der Waals surface area (Å²) in [7, 11) is 0. The van der Waals surface area contributed by atoms with Crippen LogP contribution in [-0.4, -0.2) is 18.5 Å². The summed E-state index contributed by atoms with van der Waals surface area (Å²) in [6, 6.07) is 15.9. The third-order valence-corrected chi connectivity index (χ3v) is 5.06. The molecule has 0 aliphatic heterocycles. The van der Waals surface area contributed by atoms with Gasteiger partial charge >= 0.3 is 6.03 Å². The van der Waals surface area contributed by atoms with E-state index in [4.69, 9.17) is 5.73 Å². The SMILES string of the molecule is NC(=O)C(NC(=O)NCC1(c2cccc(Br)c2)CC1)c1ccccc1. The second-order valence-electron chi connectivity index (χ2n) is 6.36. The van der Waals surface area contributed by atoms with E-state index in [9.17, 15) is 9.59 Å². The lowest BCUT2D eigenvalue weighted by Gasteiger charge is -2.20. The summed E-state index contributed by atoms with van der Waals surface area (Å²) < 4.78 is 1.03. The summed E-state index contributed by atoms with van der Waals surface area (Å²) in [4.78, 5) is 23.9. The Morgan fingerprint density at radius 3 is 2.44 bits per heavy atom. The highest BCUT2D eigenvalue weighted by molar-refractivity contribution is 9.10. The van der Waals surface area contributed by atoms with Gasteiger partial charge in [0.05, 0.1) is 0 Å². The zero-order chi connectivity index (χ0) is 17.9. The second kappa shape index (κ2) is 7.27. The van der Waals surface area contributed by atoms with Crippen LogP contribution in [0.1, 0.15) is 30.0 Å². The average Bonchev–Trinajstić information content (AvgIpc) is 3.40. The lowest BCUT2D eigenvalue weighted by Crippen LogP contribution is -2.45. The maximum absolute atomic E-state index is 12.3.